The molecule has 1 N–H and O–H groups in total. The first-order chi connectivity index (χ1) is 13.5. The third-order valence-corrected chi connectivity index (χ3v) is 6.18. The number of rotatable bonds is 7. The molecule has 28 heavy (non-hydrogen) atoms. The Morgan fingerprint density at radius 3 is 2.32 bits per heavy atom. The molecule has 0 unspecified atom stereocenters. The van der Waals surface area contributed by atoms with Gasteiger partial charge in [-0.25, -0.2) is 0 Å². The van der Waals surface area contributed by atoms with E-state index in [4.69, 9.17) is 21.1 Å². The van der Waals surface area contributed by atoms with Crippen molar-refractivity contribution in [3.63, 3.8) is 0 Å². The summed E-state index contributed by atoms with van der Waals surface area (Å²) >= 11 is 7.64. The first-order valence-corrected chi connectivity index (χ1v) is 10.4. The van der Waals surface area contributed by atoms with Crippen LogP contribution in [0.1, 0.15) is 11.8 Å². The Kier molecular flexibility index (Phi) is 7.18. The summed E-state index contributed by atoms with van der Waals surface area (Å²) in [5.74, 6) is 1.25. The zero-order valence-corrected chi connectivity index (χ0v) is 18.0. The van der Waals surface area contributed by atoms with Gasteiger partial charge >= 0.3 is 0 Å². The fourth-order valence-corrected chi connectivity index (χ4v) is 4.39. The van der Waals surface area contributed by atoms with Crippen molar-refractivity contribution in [3.05, 3.63) is 39.5 Å². The SMILES string of the molecule is COc1cc(NC(=O)[C@@H](C)N2CCN(Cc3ccc(Cl)s3)CC2)cc(OC)c1. The number of nitrogens with zero attached hydrogens (tertiary/aromatic N) is 2. The topological polar surface area (TPSA) is 54.0 Å². The van der Waals surface area contributed by atoms with Crippen LogP contribution in [0.4, 0.5) is 5.69 Å². The molecule has 2 aromatic rings. The molecule has 152 valence electrons. The van der Waals surface area contributed by atoms with Crippen molar-refractivity contribution >= 4 is 34.5 Å². The van der Waals surface area contributed by atoms with E-state index in [1.807, 2.05) is 13.0 Å². The maximum Gasteiger partial charge on any atom is 0.241 e. The minimum Gasteiger partial charge on any atom is -0.497 e. The highest BCUT2D eigenvalue weighted by atomic mass is 35.5. The van der Waals surface area contributed by atoms with Gasteiger partial charge in [-0.2, -0.15) is 0 Å². The van der Waals surface area contributed by atoms with E-state index in [9.17, 15) is 4.79 Å². The Morgan fingerprint density at radius 2 is 1.79 bits per heavy atom. The summed E-state index contributed by atoms with van der Waals surface area (Å²) in [6.45, 7) is 6.43. The van der Waals surface area contributed by atoms with Gasteiger partial charge in [0, 0.05) is 61.5 Å². The quantitative estimate of drug-likeness (QED) is 0.737. The molecule has 1 aliphatic heterocycles. The number of nitrogens with one attached hydrogen (secondary N) is 1. The third-order valence-electron chi connectivity index (χ3n) is 4.96. The Morgan fingerprint density at radius 1 is 1.14 bits per heavy atom. The monoisotopic (exact) mass is 423 g/mol. The fourth-order valence-electron chi connectivity index (χ4n) is 3.26. The van der Waals surface area contributed by atoms with Gasteiger partial charge in [0.05, 0.1) is 24.6 Å². The van der Waals surface area contributed by atoms with Crippen LogP contribution in [0.25, 0.3) is 0 Å². The van der Waals surface area contributed by atoms with E-state index in [2.05, 4.69) is 21.2 Å². The van der Waals surface area contributed by atoms with Crippen LogP contribution in [0.2, 0.25) is 4.34 Å². The molecular formula is C20H26ClN3O3S. The van der Waals surface area contributed by atoms with E-state index in [1.165, 1.54) is 4.88 Å². The summed E-state index contributed by atoms with van der Waals surface area (Å²) in [5.41, 5.74) is 0.668. The summed E-state index contributed by atoms with van der Waals surface area (Å²) in [4.78, 5) is 18.6. The number of piperazine rings is 1. The maximum atomic E-state index is 12.7. The van der Waals surface area contributed by atoms with Gasteiger partial charge < -0.3 is 14.8 Å². The van der Waals surface area contributed by atoms with E-state index in [0.29, 0.717) is 17.2 Å². The van der Waals surface area contributed by atoms with Crippen molar-refractivity contribution in [3.8, 4) is 11.5 Å². The second-order valence-electron chi connectivity index (χ2n) is 6.78. The highest BCUT2D eigenvalue weighted by Crippen LogP contribution is 2.26. The standard InChI is InChI=1S/C20H26ClN3O3S/c1-14(20(25)22-15-10-16(26-2)12-17(11-15)27-3)24-8-6-23(7-9-24)13-18-4-5-19(21)28-18/h4-5,10-12,14H,6-9,13H2,1-3H3,(H,22,25)/t14-/m1/s1. The number of methoxy groups -OCH3 is 2. The molecule has 2 heterocycles. The molecule has 1 fully saturated rings. The summed E-state index contributed by atoms with van der Waals surface area (Å²) < 4.78 is 11.4. The molecule has 0 radical (unpaired) electrons. The second kappa shape index (κ2) is 9.60. The minimum atomic E-state index is -0.212. The van der Waals surface area contributed by atoms with Crippen molar-refractivity contribution in [1.82, 2.24) is 9.80 Å². The van der Waals surface area contributed by atoms with Gasteiger partial charge in [0.15, 0.2) is 0 Å². The highest BCUT2D eigenvalue weighted by Gasteiger charge is 2.26. The molecule has 1 amide bonds. The van der Waals surface area contributed by atoms with Crippen molar-refractivity contribution in [2.75, 3.05) is 45.7 Å². The van der Waals surface area contributed by atoms with Crippen LogP contribution < -0.4 is 14.8 Å². The van der Waals surface area contributed by atoms with E-state index in [1.54, 1.807) is 43.8 Å². The van der Waals surface area contributed by atoms with Gasteiger partial charge in [0.25, 0.3) is 0 Å². The molecule has 1 atom stereocenters. The number of hydrogen-bond donors (Lipinski definition) is 1. The van der Waals surface area contributed by atoms with Crippen molar-refractivity contribution in [1.29, 1.82) is 0 Å². The number of carbonyl (C=O) groups is 1. The van der Waals surface area contributed by atoms with Crippen LogP contribution in [0, 0.1) is 0 Å². The smallest absolute Gasteiger partial charge is 0.241 e. The maximum absolute atomic E-state index is 12.7. The summed E-state index contributed by atoms with van der Waals surface area (Å²) in [6.07, 6.45) is 0. The summed E-state index contributed by atoms with van der Waals surface area (Å²) in [7, 11) is 3.18. The van der Waals surface area contributed by atoms with E-state index < -0.39 is 0 Å². The van der Waals surface area contributed by atoms with Gasteiger partial charge in [-0.1, -0.05) is 11.6 Å². The van der Waals surface area contributed by atoms with E-state index in [0.717, 1.165) is 37.1 Å². The lowest BCUT2D eigenvalue weighted by atomic mass is 10.2. The number of hydrogen-bond acceptors (Lipinski definition) is 6. The predicted octanol–water partition coefficient (Wildman–Crippen LogP) is 3.56. The first-order valence-electron chi connectivity index (χ1n) is 9.23. The Balaban J connectivity index is 1.53. The number of benzene rings is 1. The lowest BCUT2D eigenvalue weighted by molar-refractivity contribution is -0.121. The molecular weight excluding hydrogens is 398 g/mol. The molecule has 8 heteroatoms. The van der Waals surface area contributed by atoms with E-state index in [-0.39, 0.29) is 11.9 Å². The van der Waals surface area contributed by atoms with Crippen LogP contribution in [-0.2, 0) is 11.3 Å². The second-order valence-corrected chi connectivity index (χ2v) is 8.58. The van der Waals surface area contributed by atoms with Gasteiger partial charge in [-0.15, -0.1) is 11.3 Å². The molecule has 0 bridgehead atoms. The van der Waals surface area contributed by atoms with E-state index >= 15 is 0 Å². The Labute approximate surface area is 175 Å². The van der Waals surface area contributed by atoms with Gasteiger partial charge in [-0.05, 0) is 19.1 Å². The molecule has 0 spiro atoms. The third kappa shape index (κ3) is 5.38. The minimum absolute atomic E-state index is 0.0335. The van der Waals surface area contributed by atoms with Crippen molar-refractivity contribution in [2.24, 2.45) is 0 Å². The fraction of sp³-hybridized carbons (Fsp3) is 0.450. The normalized spacial score (nSPS) is 16.6. The van der Waals surface area contributed by atoms with Gasteiger partial charge in [0.2, 0.25) is 5.91 Å². The number of amides is 1. The molecule has 1 saturated heterocycles. The number of carbonyl (C=O) groups excluding carboxylic acids is 1. The van der Waals surface area contributed by atoms with Crippen LogP contribution >= 0.6 is 22.9 Å². The lowest BCUT2D eigenvalue weighted by Crippen LogP contribution is -2.52. The average molecular weight is 424 g/mol. The number of ether oxygens (including phenoxy) is 2. The Bertz CT molecular complexity index is 783. The van der Waals surface area contributed by atoms with Gasteiger partial charge in [-0.3, -0.25) is 14.6 Å². The highest BCUT2D eigenvalue weighted by molar-refractivity contribution is 7.16. The van der Waals surface area contributed by atoms with Crippen LogP contribution in [0.5, 0.6) is 11.5 Å². The number of halogens is 1. The van der Waals surface area contributed by atoms with Crippen molar-refractivity contribution < 1.29 is 14.3 Å². The van der Waals surface area contributed by atoms with Crippen LogP contribution in [0.3, 0.4) is 0 Å². The Hall–Kier alpha value is -1.80. The lowest BCUT2D eigenvalue weighted by Gasteiger charge is -2.37. The summed E-state index contributed by atoms with van der Waals surface area (Å²) in [5, 5.41) is 2.98. The molecule has 1 aliphatic rings. The van der Waals surface area contributed by atoms with Crippen LogP contribution in [0.15, 0.2) is 30.3 Å². The zero-order chi connectivity index (χ0) is 20.1. The number of anilines is 1. The summed E-state index contributed by atoms with van der Waals surface area (Å²) in [6, 6.07) is 9.17. The molecule has 6 nitrogen and oxygen atoms in total. The van der Waals surface area contributed by atoms with Crippen molar-refractivity contribution in [2.45, 2.75) is 19.5 Å². The van der Waals surface area contributed by atoms with Crippen LogP contribution in [-0.4, -0.2) is 62.1 Å². The zero-order valence-electron chi connectivity index (χ0n) is 16.4. The molecule has 3 rings (SSSR count). The predicted molar refractivity (Wildman–Crippen MR) is 114 cm³/mol. The average Bonchev–Trinajstić information content (AvgIpc) is 3.12. The molecule has 1 aromatic heterocycles. The molecule has 1 aromatic carbocycles. The number of thiophene rings is 1. The molecule has 0 aliphatic carbocycles. The molecule has 0 saturated carbocycles. The largest absolute Gasteiger partial charge is 0.497 e. The first kappa shape index (κ1) is 20.9. The van der Waals surface area contributed by atoms with Gasteiger partial charge in [0.1, 0.15) is 11.5 Å².